The maximum atomic E-state index is 11.1. The van der Waals surface area contributed by atoms with Crippen molar-refractivity contribution in [1.29, 1.82) is 0 Å². The quantitative estimate of drug-likeness (QED) is 0.435. The Bertz CT molecular complexity index is 462. The molecule has 5 nitrogen and oxygen atoms in total. The highest BCUT2D eigenvalue weighted by atomic mass is 16.6. The molecule has 20 heavy (non-hydrogen) atoms. The second kappa shape index (κ2) is 8.74. The summed E-state index contributed by atoms with van der Waals surface area (Å²) in [5.74, 6) is -0.0207. The van der Waals surface area contributed by atoms with Crippen molar-refractivity contribution in [2.24, 2.45) is 0 Å². The number of benzene rings is 1. The summed E-state index contributed by atoms with van der Waals surface area (Å²) in [6, 6.07) is 7.19. The van der Waals surface area contributed by atoms with E-state index in [0.29, 0.717) is 19.0 Å². The minimum Gasteiger partial charge on any atom is -0.490 e. The first kappa shape index (κ1) is 15.8. The first-order valence-corrected chi connectivity index (χ1v) is 6.33. The third-order valence-electron chi connectivity index (χ3n) is 2.24. The number of hydrogen-bond donors (Lipinski definition) is 0. The molecule has 0 fully saturated rings. The fraction of sp³-hybridized carbons (Fsp3) is 0.333. The molecule has 0 amide bonds. The molecule has 0 aliphatic heterocycles. The lowest BCUT2D eigenvalue weighted by Crippen LogP contribution is -2.09. The maximum Gasteiger partial charge on any atom is 0.330 e. The van der Waals surface area contributed by atoms with Crippen molar-refractivity contribution in [3.63, 3.8) is 0 Å². The average molecular weight is 278 g/mol. The maximum absolute atomic E-state index is 11.1. The summed E-state index contributed by atoms with van der Waals surface area (Å²) in [6.07, 6.45) is 3.04. The standard InChI is InChI=1S/C15H18O5/c1-3-18-15(17)9-6-13-4-7-14(8-5-13)20-11-10-19-12(2)16/h4-9H,3,10-11H2,1-2H3. The Balaban J connectivity index is 2.40. The van der Waals surface area contributed by atoms with E-state index in [1.165, 1.54) is 13.0 Å². The van der Waals surface area contributed by atoms with Crippen molar-refractivity contribution in [1.82, 2.24) is 0 Å². The largest absolute Gasteiger partial charge is 0.490 e. The number of esters is 2. The zero-order chi connectivity index (χ0) is 14.8. The predicted octanol–water partition coefficient (Wildman–Crippen LogP) is 2.20. The number of rotatable bonds is 7. The van der Waals surface area contributed by atoms with Gasteiger partial charge in [0.25, 0.3) is 0 Å². The van der Waals surface area contributed by atoms with Gasteiger partial charge in [-0.25, -0.2) is 4.79 Å². The molecule has 1 rings (SSSR count). The van der Waals surface area contributed by atoms with E-state index in [4.69, 9.17) is 14.2 Å². The van der Waals surface area contributed by atoms with E-state index in [2.05, 4.69) is 0 Å². The second-order valence-corrected chi connectivity index (χ2v) is 3.84. The first-order valence-electron chi connectivity index (χ1n) is 6.33. The summed E-state index contributed by atoms with van der Waals surface area (Å²) in [6.45, 7) is 3.99. The summed E-state index contributed by atoms with van der Waals surface area (Å²) >= 11 is 0. The molecule has 0 radical (unpaired) electrons. The van der Waals surface area contributed by atoms with E-state index >= 15 is 0 Å². The monoisotopic (exact) mass is 278 g/mol. The van der Waals surface area contributed by atoms with Crippen LogP contribution in [0.2, 0.25) is 0 Å². The van der Waals surface area contributed by atoms with Gasteiger partial charge >= 0.3 is 11.9 Å². The Morgan fingerprint density at radius 3 is 2.40 bits per heavy atom. The van der Waals surface area contributed by atoms with E-state index < -0.39 is 0 Å². The average Bonchev–Trinajstić information content (AvgIpc) is 2.43. The highest BCUT2D eigenvalue weighted by Gasteiger charge is 1.97. The lowest BCUT2D eigenvalue weighted by Gasteiger charge is -2.06. The predicted molar refractivity (Wildman–Crippen MR) is 74.2 cm³/mol. The van der Waals surface area contributed by atoms with Crippen LogP contribution in [0, 0.1) is 0 Å². The summed E-state index contributed by atoms with van der Waals surface area (Å²) in [5.41, 5.74) is 0.866. The highest BCUT2D eigenvalue weighted by Crippen LogP contribution is 2.13. The fourth-order valence-corrected chi connectivity index (χ4v) is 1.37. The van der Waals surface area contributed by atoms with Crippen molar-refractivity contribution in [2.75, 3.05) is 19.8 Å². The van der Waals surface area contributed by atoms with E-state index in [0.717, 1.165) is 5.56 Å². The molecule has 0 saturated heterocycles. The van der Waals surface area contributed by atoms with Crippen LogP contribution in [0.25, 0.3) is 6.08 Å². The molecule has 0 aliphatic carbocycles. The summed E-state index contributed by atoms with van der Waals surface area (Å²) in [4.78, 5) is 21.7. The van der Waals surface area contributed by atoms with Gasteiger partial charge in [0.05, 0.1) is 6.61 Å². The first-order chi connectivity index (χ1) is 9.61. The van der Waals surface area contributed by atoms with Crippen LogP contribution in [-0.4, -0.2) is 31.8 Å². The molecule has 5 heteroatoms. The zero-order valence-corrected chi connectivity index (χ0v) is 11.6. The van der Waals surface area contributed by atoms with E-state index in [-0.39, 0.29) is 18.5 Å². The Labute approximate surface area is 118 Å². The molecule has 0 heterocycles. The van der Waals surface area contributed by atoms with Crippen LogP contribution in [0.4, 0.5) is 0 Å². The molecule has 0 unspecified atom stereocenters. The highest BCUT2D eigenvalue weighted by molar-refractivity contribution is 5.87. The summed E-state index contributed by atoms with van der Waals surface area (Å²) in [5, 5.41) is 0. The molecule has 0 N–H and O–H groups in total. The van der Waals surface area contributed by atoms with Crippen molar-refractivity contribution in [3.05, 3.63) is 35.9 Å². The number of carbonyl (C=O) groups is 2. The topological polar surface area (TPSA) is 61.8 Å². The van der Waals surface area contributed by atoms with E-state index in [1.807, 2.05) is 12.1 Å². The second-order valence-electron chi connectivity index (χ2n) is 3.84. The number of ether oxygens (including phenoxy) is 3. The van der Waals surface area contributed by atoms with Crippen LogP contribution >= 0.6 is 0 Å². The molecular weight excluding hydrogens is 260 g/mol. The Kier molecular flexibility index (Phi) is 6.89. The van der Waals surface area contributed by atoms with Gasteiger partial charge < -0.3 is 14.2 Å². The molecule has 1 aromatic rings. The lowest BCUT2D eigenvalue weighted by atomic mass is 10.2. The Hall–Kier alpha value is -2.30. The van der Waals surface area contributed by atoms with Gasteiger partial charge in [-0.2, -0.15) is 0 Å². The normalized spacial score (nSPS) is 10.3. The Morgan fingerprint density at radius 1 is 1.10 bits per heavy atom. The van der Waals surface area contributed by atoms with Crippen molar-refractivity contribution < 1.29 is 23.8 Å². The van der Waals surface area contributed by atoms with Gasteiger partial charge in [0, 0.05) is 13.0 Å². The molecule has 0 bridgehead atoms. The van der Waals surface area contributed by atoms with Crippen molar-refractivity contribution in [2.45, 2.75) is 13.8 Å². The summed E-state index contributed by atoms with van der Waals surface area (Å²) in [7, 11) is 0. The molecule has 0 saturated carbocycles. The molecule has 108 valence electrons. The minimum atomic E-state index is -0.366. The lowest BCUT2D eigenvalue weighted by molar-refractivity contribution is -0.141. The van der Waals surface area contributed by atoms with Gasteiger partial charge in [-0.15, -0.1) is 0 Å². The third-order valence-corrected chi connectivity index (χ3v) is 2.24. The van der Waals surface area contributed by atoms with Crippen molar-refractivity contribution >= 4 is 18.0 Å². The van der Waals surface area contributed by atoms with E-state index in [9.17, 15) is 9.59 Å². The van der Waals surface area contributed by atoms with Gasteiger partial charge in [0.1, 0.15) is 19.0 Å². The van der Waals surface area contributed by atoms with Crippen LogP contribution in [0.15, 0.2) is 30.3 Å². The molecule has 0 spiro atoms. The van der Waals surface area contributed by atoms with Crippen LogP contribution in [-0.2, 0) is 19.1 Å². The smallest absolute Gasteiger partial charge is 0.330 e. The van der Waals surface area contributed by atoms with Crippen molar-refractivity contribution in [3.8, 4) is 5.75 Å². The molecule has 1 aromatic carbocycles. The van der Waals surface area contributed by atoms with Gasteiger partial charge in [0.15, 0.2) is 0 Å². The van der Waals surface area contributed by atoms with Crippen LogP contribution in [0.3, 0.4) is 0 Å². The summed E-state index contributed by atoms with van der Waals surface area (Å²) < 4.78 is 14.9. The molecule has 0 aromatic heterocycles. The molecule has 0 atom stereocenters. The number of hydrogen-bond acceptors (Lipinski definition) is 5. The minimum absolute atomic E-state index is 0.222. The molecule has 0 aliphatic rings. The SMILES string of the molecule is CCOC(=O)C=Cc1ccc(OCCOC(C)=O)cc1. The molecular formula is C15H18O5. The van der Waals surface area contributed by atoms with Crippen LogP contribution < -0.4 is 4.74 Å². The zero-order valence-electron chi connectivity index (χ0n) is 11.6. The van der Waals surface area contributed by atoms with Gasteiger partial charge in [-0.1, -0.05) is 12.1 Å². The number of carbonyl (C=O) groups excluding carboxylic acids is 2. The van der Waals surface area contributed by atoms with Gasteiger partial charge in [0.2, 0.25) is 0 Å². The Morgan fingerprint density at radius 2 is 1.80 bits per heavy atom. The van der Waals surface area contributed by atoms with E-state index in [1.54, 1.807) is 25.1 Å². The van der Waals surface area contributed by atoms with Crippen LogP contribution in [0.5, 0.6) is 5.75 Å². The van der Waals surface area contributed by atoms with Gasteiger partial charge in [-0.3, -0.25) is 4.79 Å². The van der Waals surface area contributed by atoms with Crippen LogP contribution in [0.1, 0.15) is 19.4 Å². The fourth-order valence-electron chi connectivity index (χ4n) is 1.37. The third kappa shape index (κ3) is 6.58. The van der Waals surface area contributed by atoms with Gasteiger partial charge in [-0.05, 0) is 30.7 Å².